The molecule has 0 bridgehead atoms. The highest BCUT2D eigenvalue weighted by molar-refractivity contribution is 7.99. The van der Waals surface area contributed by atoms with Crippen LogP contribution < -0.4 is 0 Å². The van der Waals surface area contributed by atoms with Crippen molar-refractivity contribution in [1.29, 1.82) is 0 Å². The van der Waals surface area contributed by atoms with E-state index in [1.165, 1.54) is 0 Å². The first-order chi connectivity index (χ1) is 8.22. The van der Waals surface area contributed by atoms with Crippen molar-refractivity contribution in [2.45, 2.75) is 17.9 Å². The summed E-state index contributed by atoms with van der Waals surface area (Å²) in [6.07, 6.45) is 1.71. The van der Waals surface area contributed by atoms with Crippen LogP contribution in [0.5, 0.6) is 0 Å². The van der Waals surface area contributed by atoms with Crippen LogP contribution in [0.4, 0.5) is 0 Å². The molecule has 0 amide bonds. The Morgan fingerprint density at radius 1 is 1.53 bits per heavy atom. The normalized spacial score (nSPS) is 14.0. The third-order valence-electron chi connectivity index (χ3n) is 2.51. The quantitative estimate of drug-likeness (QED) is 0.609. The summed E-state index contributed by atoms with van der Waals surface area (Å²) in [6.45, 7) is 3.53. The van der Waals surface area contributed by atoms with Gasteiger partial charge in [-0.25, -0.2) is 4.79 Å². The summed E-state index contributed by atoms with van der Waals surface area (Å²) in [4.78, 5) is 23.6. The second-order valence-electron chi connectivity index (χ2n) is 3.63. The molecule has 0 aromatic heterocycles. The topological polar surface area (TPSA) is 43.4 Å². The maximum absolute atomic E-state index is 11.7. The summed E-state index contributed by atoms with van der Waals surface area (Å²) in [5.41, 5.74) is 1.63. The zero-order chi connectivity index (χ0) is 12.3. The molecular weight excluding hydrogens is 236 g/mol. The monoisotopic (exact) mass is 248 g/mol. The summed E-state index contributed by atoms with van der Waals surface area (Å²) < 4.78 is 5.00. The van der Waals surface area contributed by atoms with Gasteiger partial charge >= 0.3 is 5.97 Å². The van der Waals surface area contributed by atoms with Crippen molar-refractivity contribution in [3.8, 4) is 0 Å². The van der Waals surface area contributed by atoms with Gasteiger partial charge in [-0.1, -0.05) is 24.8 Å². The number of hydrogen-bond acceptors (Lipinski definition) is 4. The highest BCUT2D eigenvalue weighted by atomic mass is 32.2. The number of benzene rings is 1. The second kappa shape index (κ2) is 5.19. The first-order valence-electron chi connectivity index (χ1n) is 5.29. The van der Waals surface area contributed by atoms with Crippen LogP contribution in [-0.2, 0) is 16.1 Å². The molecule has 0 saturated heterocycles. The van der Waals surface area contributed by atoms with Gasteiger partial charge in [0.05, 0.1) is 0 Å². The van der Waals surface area contributed by atoms with E-state index in [0.29, 0.717) is 6.42 Å². The number of ketones is 1. The van der Waals surface area contributed by atoms with E-state index in [1.54, 1.807) is 11.8 Å². The Balaban J connectivity index is 2.23. The van der Waals surface area contributed by atoms with Gasteiger partial charge in [0.1, 0.15) is 6.61 Å². The highest BCUT2D eigenvalue weighted by Crippen LogP contribution is 2.33. The molecule has 0 unspecified atom stereocenters. The van der Waals surface area contributed by atoms with Crippen LogP contribution in [0, 0.1) is 0 Å². The van der Waals surface area contributed by atoms with Gasteiger partial charge < -0.3 is 4.74 Å². The predicted molar refractivity (Wildman–Crippen MR) is 66.1 cm³/mol. The van der Waals surface area contributed by atoms with E-state index in [2.05, 4.69) is 6.58 Å². The largest absolute Gasteiger partial charge is 0.458 e. The van der Waals surface area contributed by atoms with Gasteiger partial charge in [-0.3, -0.25) is 4.79 Å². The van der Waals surface area contributed by atoms with Crippen molar-refractivity contribution < 1.29 is 14.3 Å². The van der Waals surface area contributed by atoms with E-state index in [-0.39, 0.29) is 12.4 Å². The molecule has 3 nitrogen and oxygen atoms in total. The lowest BCUT2D eigenvalue weighted by Crippen LogP contribution is -2.11. The third kappa shape index (κ3) is 2.58. The molecule has 4 heteroatoms. The van der Waals surface area contributed by atoms with E-state index < -0.39 is 5.97 Å². The molecule has 0 radical (unpaired) electrons. The fourth-order valence-corrected chi connectivity index (χ4v) is 2.82. The number of thioether (sulfide) groups is 1. The molecule has 2 rings (SSSR count). The fourth-order valence-electron chi connectivity index (χ4n) is 1.68. The summed E-state index contributed by atoms with van der Waals surface area (Å²) >= 11 is 1.64. The number of Topliss-reactive ketones (excluding diaryl/α,β-unsaturated/α-hetero) is 1. The van der Waals surface area contributed by atoms with Gasteiger partial charge in [-0.05, 0) is 0 Å². The van der Waals surface area contributed by atoms with Gasteiger partial charge in [-0.15, -0.1) is 11.8 Å². The number of hydrogen-bond donors (Lipinski definition) is 0. The van der Waals surface area contributed by atoms with Crippen LogP contribution in [0.1, 0.15) is 22.3 Å². The van der Waals surface area contributed by atoms with E-state index in [1.807, 2.05) is 18.2 Å². The average Bonchev–Trinajstić information content (AvgIpc) is 2.36. The minimum Gasteiger partial charge on any atom is -0.458 e. The molecule has 0 atom stereocenters. The van der Waals surface area contributed by atoms with Gasteiger partial charge in [0, 0.05) is 34.3 Å². The Bertz CT molecular complexity index is 480. The first-order valence-corrected chi connectivity index (χ1v) is 6.28. The molecule has 1 aromatic carbocycles. The lowest BCUT2D eigenvalue weighted by atomic mass is 10.1. The molecule has 17 heavy (non-hydrogen) atoms. The summed E-state index contributed by atoms with van der Waals surface area (Å²) in [5, 5.41) is 0. The molecule has 1 aliphatic rings. The van der Waals surface area contributed by atoms with Crippen molar-refractivity contribution in [2.24, 2.45) is 0 Å². The van der Waals surface area contributed by atoms with Crippen molar-refractivity contribution in [3.05, 3.63) is 42.0 Å². The van der Waals surface area contributed by atoms with E-state index >= 15 is 0 Å². The molecule has 1 aliphatic heterocycles. The number of carbonyl (C=O) groups excluding carboxylic acids is 2. The molecular formula is C13H12O3S. The second-order valence-corrected chi connectivity index (χ2v) is 4.73. The number of rotatable bonds is 3. The van der Waals surface area contributed by atoms with Crippen LogP contribution in [0.15, 0.2) is 35.7 Å². The summed E-state index contributed by atoms with van der Waals surface area (Å²) in [7, 11) is 0. The van der Waals surface area contributed by atoms with Crippen LogP contribution in [0.2, 0.25) is 0 Å². The first kappa shape index (κ1) is 11.9. The number of ether oxygens (including phenoxy) is 1. The van der Waals surface area contributed by atoms with Crippen LogP contribution in [0.3, 0.4) is 0 Å². The number of fused-ring (bicyclic) bond motifs is 1. The molecule has 0 fully saturated rings. The lowest BCUT2D eigenvalue weighted by Gasteiger charge is -2.17. The maximum Gasteiger partial charge on any atom is 0.330 e. The maximum atomic E-state index is 11.7. The van der Waals surface area contributed by atoms with Crippen LogP contribution >= 0.6 is 11.8 Å². The predicted octanol–water partition coefficient (Wildman–Crippen LogP) is 2.59. The van der Waals surface area contributed by atoms with Crippen LogP contribution in [-0.4, -0.2) is 17.5 Å². The highest BCUT2D eigenvalue weighted by Gasteiger charge is 2.20. The number of esters is 1. The summed E-state index contributed by atoms with van der Waals surface area (Å²) in [5.74, 6) is 0.503. The molecule has 1 aromatic rings. The van der Waals surface area contributed by atoms with E-state index in [4.69, 9.17) is 4.74 Å². The Morgan fingerprint density at radius 3 is 3.12 bits per heavy atom. The molecule has 88 valence electrons. The van der Waals surface area contributed by atoms with Gasteiger partial charge in [0.15, 0.2) is 5.78 Å². The molecule has 0 saturated carbocycles. The third-order valence-corrected chi connectivity index (χ3v) is 3.69. The zero-order valence-electron chi connectivity index (χ0n) is 9.27. The minimum absolute atomic E-state index is 0.163. The zero-order valence-corrected chi connectivity index (χ0v) is 10.1. The van der Waals surface area contributed by atoms with E-state index in [9.17, 15) is 9.59 Å². The van der Waals surface area contributed by atoms with Gasteiger partial charge in [-0.2, -0.15) is 0 Å². The van der Waals surface area contributed by atoms with Crippen molar-refractivity contribution in [3.63, 3.8) is 0 Å². The Morgan fingerprint density at radius 2 is 2.35 bits per heavy atom. The van der Waals surface area contributed by atoms with Crippen molar-refractivity contribution in [1.82, 2.24) is 0 Å². The number of carbonyl (C=O) groups is 2. The fraction of sp³-hybridized carbons (Fsp3) is 0.231. The van der Waals surface area contributed by atoms with Crippen molar-refractivity contribution in [2.75, 3.05) is 5.75 Å². The Labute approximate surface area is 104 Å². The molecule has 0 spiro atoms. The molecule has 0 aliphatic carbocycles. The minimum atomic E-state index is -0.449. The SMILES string of the molecule is C=CC(=O)OCc1cccc2c1SCCC2=O. The average molecular weight is 248 g/mol. The lowest BCUT2D eigenvalue weighted by molar-refractivity contribution is -0.139. The molecule has 0 N–H and O–H groups in total. The van der Waals surface area contributed by atoms with Gasteiger partial charge in [0.25, 0.3) is 0 Å². The van der Waals surface area contributed by atoms with Crippen molar-refractivity contribution >= 4 is 23.5 Å². The van der Waals surface area contributed by atoms with E-state index in [0.717, 1.165) is 27.9 Å². The summed E-state index contributed by atoms with van der Waals surface area (Å²) in [6, 6.07) is 5.52. The van der Waals surface area contributed by atoms with Crippen LogP contribution in [0.25, 0.3) is 0 Å². The van der Waals surface area contributed by atoms with Gasteiger partial charge in [0.2, 0.25) is 0 Å². The Kier molecular flexibility index (Phi) is 3.64. The smallest absolute Gasteiger partial charge is 0.330 e. The molecule has 1 heterocycles. The standard InChI is InChI=1S/C13H12O3S/c1-2-12(15)16-8-9-4-3-5-10-11(14)6-7-17-13(9)10/h2-5H,1,6-8H2. The Hall–Kier alpha value is -1.55.